The first-order chi connectivity index (χ1) is 12.5. The van der Waals surface area contributed by atoms with E-state index in [1.54, 1.807) is 17.3 Å². The molecule has 1 amide bonds. The number of nitrogens with zero attached hydrogens (tertiary/aromatic N) is 4. The van der Waals surface area contributed by atoms with Crippen molar-refractivity contribution >= 4 is 11.7 Å². The molecule has 1 saturated heterocycles. The van der Waals surface area contributed by atoms with Crippen LogP contribution in [0.15, 0.2) is 30.6 Å². The molecule has 0 aliphatic carbocycles. The van der Waals surface area contributed by atoms with Crippen molar-refractivity contribution in [3.8, 4) is 5.88 Å². The van der Waals surface area contributed by atoms with E-state index in [9.17, 15) is 13.6 Å². The average molecular weight is 362 g/mol. The number of amides is 1. The van der Waals surface area contributed by atoms with Crippen molar-refractivity contribution in [3.05, 3.63) is 47.8 Å². The van der Waals surface area contributed by atoms with Gasteiger partial charge in [0.05, 0.1) is 11.7 Å². The number of rotatable bonds is 4. The van der Waals surface area contributed by atoms with Gasteiger partial charge in [-0.05, 0) is 26.0 Å². The number of aromatic nitrogens is 2. The fourth-order valence-corrected chi connectivity index (χ4v) is 2.80. The van der Waals surface area contributed by atoms with Gasteiger partial charge in [0.1, 0.15) is 11.6 Å². The Balaban J connectivity index is 1.69. The number of anilines is 1. The van der Waals surface area contributed by atoms with Crippen LogP contribution >= 0.6 is 0 Å². The van der Waals surface area contributed by atoms with Gasteiger partial charge in [-0.15, -0.1) is 0 Å². The monoisotopic (exact) mass is 362 g/mol. The molecular weight excluding hydrogens is 342 g/mol. The molecule has 0 atom stereocenters. The predicted molar refractivity (Wildman–Crippen MR) is 92.3 cm³/mol. The van der Waals surface area contributed by atoms with Gasteiger partial charge in [-0.2, -0.15) is 0 Å². The lowest BCUT2D eigenvalue weighted by atomic mass is 10.1. The van der Waals surface area contributed by atoms with E-state index in [0.717, 1.165) is 12.1 Å². The second-order valence-electron chi connectivity index (χ2n) is 6.26. The first kappa shape index (κ1) is 18.0. The molecule has 138 valence electrons. The first-order valence-corrected chi connectivity index (χ1v) is 8.42. The third kappa shape index (κ3) is 3.89. The summed E-state index contributed by atoms with van der Waals surface area (Å²) in [6.45, 7) is 5.64. The summed E-state index contributed by atoms with van der Waals surface area (Å²) in [6, 6.07) is 2.98. The Morgan fingerprint density at radius 2 is 1.81 bits per heavy atom. The van der Waals surface area contributed by atoms with Crippen molar-refractivity contribution < 1.29 is 18.3 Å². The maximum absolute atomic E-state index is 13.8. The number of halogens is 2. The minimum Gasteiger partial charge on any atom is -0.472 e. The summed E-state index contributed by atoms with van der Waals surface area (Å²) in [7, 11) is 0. The Kier molecular flexibility index (Phi) is 5.29. The third-order valence-electron chi connectivity index (χ3n) is 4.02. The summed E-state index contributed by atoms with van der Waals surface area (Å²) < 4.78 is 32.6. The number of hydrogen-bond acceptors (Lipinski definition) is 5. The van der Waals surface area contributed by atoms with Gasteiger partial charge in [-0.25, -0.2) is 18.7 Å². The number of carbonyl (C=O) groups is 1. The standard InChI is InChI=1S/C18H20F2N4O2/c1-12(2)26-17-16(21-5-6-22-17)23-7-9-24(10-8-23)18(25)14-4-3-13(19)11-15(14)20/h3-6,11-12H,7-10H2,1-2H3. The van der Waals surface area contributed by atoms with Gasteiger partial charge in [-0.1, -0.05) is 0 Å². The predicted octanol–water partition coefficient (Wildman–Crippen LogP) is 2.50. The quantitative estimate of drug-likeness (QED) is 0.836. The highest BCUT2D eigenvalue weighted by molar-refractivity contribution is 5.94. The van der Waals surface area contributed by atoms with E-state index in [2.05, 4.69) is 9.97 Å². The highest BCUT2D eigenvalue weighted by atomic mass is 19.1. The number of piperazine rings is 1. The Bertz CT molecular complexity index is 793. The Labute approximate surface area is 150 Å². The van der Waals surface area contributed by atoms with Gasteiger partial charge < -0.3 is 14.5 Å². The van der Waals surface area contributed by atoms with Crippen molar-refractivity contribution in [1.82, 2.24) is 14.9 Å². The maximum atomic E-state index is 13.8. The topological polar surface area (TPSA) is 58.6 Å². The van der Waals surface area contributed by atoms with Crippen LogP contribution in [0.2, 0.25) is 0 Å². The molecule has 26 heavy (non-hydrogen) atoms. The lowest BCUT2D eigenvalue weighted by Gasteiger charge is -2.35. The Morgan fingerprint density at radius 1 is 1.12 bits per heavy atom. The molecular formula is C18H20F2N4O2. The smallest absolute Gasteiger partial charge is 0.257 e. The van der Waals surface area contributed by atoms with Gasteiger partial charge in [0.15, 0.2) is 5.82 Å². The van der Waals surface area contributed by atoms with Crippen molar-refractivity contribution in [1.29, 1.82) is 0 Å². The summed E-state index contributed by atoms with van der Waals surface area (Å²) in [4.78, 5) is 24.6. The number of ether oxygens (including phenoxy) is 1. The zero-order valence-corrected chi connectivity index (χ0v) is 14.7. The normalized spacial score (nSPS) is 14.7. The molecule has 0 spiro atoms. The van der Waals surface area contributed by atoms with Gasteiger partial charge in [0.2, 0.25) is 0 Å². The summed E-state index contributed by atoms with van der Waals surface area (Å²) >= 11 is 0. The van der Waals surface area contributed by atoms with E-state index in [-0.39, 0.29) is 11.7 Å². The summed E-state index contributed by atoms with van der Waals surface area (Å²) in [5.41, 5.74) is -0.122. The largest absolute Gasteiger partial charge is 0.472 e. The molecule has 1 aliphatic rings. The van der Waals surface area contributed by atoms with E-state index < -0.39 is 17.5 Å². The lowest BCUT2D eigenvalue weighted by Crippen LogP contribution is -2.49. The second-order valence-corrected chi connectivity index (χ2v) is 6.26. The summed E-state index contributed by atoms with van der Waals surface area (Å²) in [6.07, 6.45) is 3.13. The van der Waals surface area contributed by atoms with Crippen molar-refractivity contribution in [3.63, 3.8) is 0 Å². The van der Waals surface area contributed by atoms with E-state index in [4.69, 9.17) is 4.74 Å². The second kappa shape index (κ2) is 7.63. The molecule has 0 saturated carbocycles. The zero-order valence-electron chi connectivity index (χ0n) is 14.7. The van der Waals surface area contributed by atoms with Crippen molar-refractivity contribution in [2.24, 2.45) is 0 Å². The summed E-state index contributed by atoms with van der Waals surface area (Å²) in [5, 5.41) is 0. The van der Waals surface area contributed by atoms with Crippen LogP contribution in [0.3, 0.4) is 0 Å². The van der Waals surface area contributed by atoms with Gasteiger partial charge >= 0.3 is 0 Å². The van der Waals surface area contributed by atoms with Crippen LogP contribution in [0.4, 0.5) is 14.6 Å². The van der Waals surface area contributed by atoms with Crippen LogP contribution in [-0.2, 0) is 0 Å². The van der Waals surface area contributed by atoms with E-state index >= 15 is 0 Å². The number of benzene rings is 1. The molecule has 0 unspecified atom stereocenters. The number of carbonyl (C=O) groups excluding carboxylic acids is 1. The maximum Gasteiger partial charge on any atom is 0.257 e. The molecule has 1 aromatic heterocycles. The van der Waals surface area contributed by atoms with Crippen LogP contribution in [0.1, 0.15) is 24.2 Å². The molecule has 3 rings (SSSR count). The highest BCUT2D eigenvalue weighted by Crippen LogP contribution is 2.25. The van der Waals surface area contributed by atoms with Gasteiger partial charge in [-0.3, -0.25) is 4.79 Å². The van der Waals surface area contributed by atoms with E-state index in [1.165, 1.54) is 6.07 Å². The molecule has 8 heteroatoms. The minimum atomic E-state index is -0.848. The molecule has 0 bridgehead atoms. The van der Waals surface area contributed by atoms with Gasteiger partial charge in [0, 0.05) is 44.6 Å². The fourth-order valence-electron chi connectivity index (χ4n) is 2.80. The van der Waals surface area contributed by atoms with E-state index in [0.29, 0.717) is 37.9 Å². The van der Waals surface area contributed by atoms with E-state index in [1.807, 2.05) is 18.7 Å². The van der Waals surface area contributed by atoms with Gasteiger partial charge in [0.25, 0.3) is 11.8 Å². The molecule has 1 aromatic carbocycles. The minimum absolute atomic E-state index is 0.0326. The fraction of sp³-hybridized carbons (Fsp3) is 0.389. The lowest BCUT2D eigenvalue weighted by molar-refractivity contribution is 0.0741. The molecule has 0 N–H and O–H groups in total. The van der Waals surface area contributed by atoms with Crippen LogP contribution in [-0.4, -0.2) is 53.1 Å². The molecule has 2 aromatic rings. The molecule has 1 fully saturated rings. The van der Waals surface area contributed by atoms with Crippen LogP contribution < -0.4 is 9.64 Å². The SMILES string of the molecule is CC(C)Oc1nccnc1N1CCN(C(=O)c2ccc(F)cc2F)CC1. The first-order valence-electron chi connectivity index (χ1n) is 8.42. The van der Waals surface area contributed by atoms with Crippen LogP contribution in [0.5, 0.6) is 5.88 Å². The Hall–Kier alpha value is -2.77. The molecule has 6 nitrogen and oxygen atoms in total. The Morgan fingerprint density at radius 3 is 2.46 bits per heavy atom. The average Bonchev–Trinajstić information content (AvgIpc) is 2.61. The molecule has 2 heterocycles. The van der Waals surface area contributed by atoms with Crippen LogP contribution in [0.25, 0.3) is 0 Å². The number of hydrogen-bond donors (Lipinski definition) is 0. The summed E-state index contributed by atoms with van der Waals surface area (Å²) in [5.74, 6) is -0.920. The zero-order chi connectivity index (χ0) is 18.7. The van der Waals surface area contributed by atoms with Crippen molar-refractivity contribution in [2.75, 3.05) is 31.1 Å². The van der Waals surface area contributed by atoms with Crippen molar-refractivity contribution in [2.45, 2.75) is 20.0 Å². The molecule has 0 radical (unpaired) electrons. The van der Waals surface area contributed by atoms with Crippen LogP contribution in [0, 0.1) is 11.6 Å². The third-order valence-corrected chi connectivity index (χ3v) is 4.02. The highest BCUT2D eigenvalue weighted by Gasteiger charge is 2.26. The molecule has 1 aliphatic heterocycles.